The Kier molecular flexibility index (Phi) is 5.51. The van der Waals surface area contributed by atoms with Gasteiger partial charge in [-0.25, -0.2) is 13.2 Å². The Balaban J connectivity index is 1.65. The van der Waals surface area contributed by atoms with Crippen LogP contribution < -0.4 is 9.04 Å². The zero-order valence-electron chi connectivity index (χ0n) is 16.7. The summed E-state index contributed by atoms with van der Waals surface area (Å²) in [4.78, 5) is 24.8. The molecule has 1 atom stereocenters. The summed E-state index contributed by atoms with van der Waals surface area (Å²) in [5, 5.41) is 0. The highest BCUT2D eigenvalue weighted by Gasteiger charge is 2.33. The van der Waals surface area contributed by atoms with Gasteiger partial charge in [0.05, 0.1) is 17.7 Å². The van der Waals surface area contributed by atoms with Gasteiger partial charge in [0, 0.05) is 13.0 Å². The molecule has 0 aromatic heterocycles. The van der Waals surface area contributed by atoms with Gasteiger partial charge in [-0.15, -0.1) is 0 Å². The summed E-state index contributed by atoms with van der Waals surface area (Å²) in [6.45, 7) is 0.337. The number of hydrogen-bond acceptors (Lipinski definition) is 6. The number of Topliss-reactive ketones (excluding diaryl/α,β-unsaturated/α-hetero) is 1. The van der Waals surface area contributed by atoms with Gasteiger partial charge in [-0.3, -0.25) is 9.10 Å². The highest BCUT2D eigenvalue weighted by Crippen LogP contribution is 2.34. The van der Waals surface area contributed by atoms with E-state index in [0.717, 1.165) is 18.4 Å². The Morgan fingerprint density at radius 1 is 1.10 bits per heavy atom. The number of carbonyl (C=O) groups excluding carboxylic acids is 2. The topological polar surface area (TPSA) is 90.0 Å². The number of esters is 1. The lowest BCUT2D eigenvalue weighted by Crippen LogP contribution is -2.31. The standard InChI is InChI=1S/C22H23NO6S/c1-28-20-11-10-16(14-17(20)22(25)29-21-9-5-4-8-19(21)24)30(26,27)23-13-12-15-6-2-3-7-18(15)23/h2-3,6-7,10-11,14,21H,4-5,8-9,12-13H2,1H3. The van der Waals surface area contributed by atoms with Crippen LogP contribution in [-0.2, 0) is 26.0 Å². The van der Waals surface area contributed by atoms with E-state index in [1.165, 1.54) is 29.6 Å². The van der Waals surface area contributed by atoms with Crippen LogP contribution in [0.2, 0.25) is 0 Å². The number of sulfonamides is 1. The van der Waals surface area contributed by atoms with Gasteiger partial charge in [0.25, 0.3) is 10.0 Å². The highest BCUT2D eigenvalue weighted by molar-refractivity contribution is 7.92. The molecule has 0 bridgehead atoms. The van der Waals surface area contributed by atoms with Crippen molar-refractivity contribution in [2.24, 2.45) is 0 Å². The van der Waals surface area contributed by atoms with E-state index in [1.807, 2.05) is 12.1 Å². The normalized spacial score (nSPS) is 18.8. The maximum Gasteiger partial charge on any atom is 0.342 e. The van der Waals surface area contributed by atoms with E-state index in [0.29, 0.717) is 31.5 Å². The van der Waals surface area contributed by atoms with Gasteiger partial charge in [0.1, 0.15) is 11.3 Å². The molecule has 2 aromatic rings. The largest absolute Gasteiger partial charge is 0.496 e. The van der Waals surface area contributed by atoms with Gasteiger partial charge in [-0.2, -0.15) is 0 Å². The van der Waals surface area contributed by atoms with Crippen molar-refractivity contribution >= 4 is 27.5 Å². The third-order valence-corrected chi connectivity index (χ3v) is 7.38. The van der Waals surface area contributed by atoms with E-state index in [4.69, 9.17) is 9.47 Å². The van der Waals surface area contributed by atoms with Crippen LogP contribution in [0, 0.1) is 0 Å². The van der Waals surface area contributed by atoms with Crippen LogP contribution >= 0.6 is 0 Å². The van der Waals surface area contributed by atoms with Crippen molar-refractivity contribution in [3.63, 3.8) is 0 Å². The quantitative estimate of drug-likeness (QED) is 0.679. The number of anilines is 1. The number of methoxy groups -OCH3 is 1. The molecule has 8 heteroatoms. The molecule has 7 nitrogen and oxygen atoms in total. The molecule has 2 aliphatic rings. The van der Waals surface area contributed by atoms with Gasteiger partial charge in [0.2, 0.25) is 0 Å². The summed E-state index contributed by atoms with van der Waals surface area (Å²) in [5.41, 5.74) is 1.60. The zero-order chi connectivity index (χ0) is 21.3. The van der Waals surface area contributed by atoms with Gasteiger partial charge in [0.15, 0.2) is 11.9 Å². The second-order valence-electron chi connectivity index (χ2n) is 7.42. The zero-order valence-corrected chi connectivity index (χ0v) is 17.5. The van der Waals surface area contributed by atoms with Gasteiger partial charge in [-0.05, 0) is 55.5 Å². The van der Waals surface area contributed by atoms with Gasteiger partial charge < -0.3 is 9.47 Å². The van der Waals surface area contributed by atoms with Crippen LogP contribution in [0.15, 0.2) is 47.4 Å². The minimum Gasteiger partial charge on any atom is -0.496 e. The number of ether oxygens (including phenoxy) is 2. The third kappa shape index (κ3) is 3.67. The van der Waals surface area contributed by atoms with Crippen molar-refractivity contribution < 1.29 is 27.5 Å². The Labute approximate surface area is 175 Å². The van der Waals surface area contributed by atoms with E-state index in [2.05, 4.69) is 0 Å². The number of para-hydroxylation sites is 1. The molecular weight excluding hydrogens is 406 g/mol. The molecule has 30 heavy (non-hydrogen) atoms. The fourth-order valence-electron chi connectivity index (χ4n) is 3.96. The molecule has 0 radical (unpaired) electrons. The average Bonchev–Trinajstić information content (AvgIpc) is 3.20. The number of carbonyl (C=O) groups is 2. The van der Waals surface area contributed by atoms with Crippen LogP contribution in [0.25, 0.3) is 0 Å². The maximum absolute atomic E-state index is 13.3. The molecule has 0 N–H and O–H groups in total. The fraction of sp³-hybridized carbons (Fsp3) is 0.364. The Bertz CT molecular complexity index is 1090. The summed E-state index contributed by atoms with van der Waals surface area (Å²) >= 11 is 0. The average molecular weight is 429 g/mol. The minimum absolute atomic E-state index is 0.00979. The lowest BCUT2D eigenvalue weighted by molar-refractivity contribution is -0.129. The number of benzene rings is 2. The van der Waals surface area contributed by atoms with Crippen molar-refractivity contribution in [2.45, 2.75) is 43.1 Å². The first kappa shape index (κ1) is 20.4. The van der Waals surface area contributed by atoms with Crippen molar-refractivity contribution in [1.29, 1.82) is 0 Å². The molecule has 1 fully saturated rings. The number of fused-ring (bicyclic) bond motifs is 1. The Morgan fingerprint density at radius 2 is 1.90 bits per heavy atom. The molecule has 158 valence electrons. The summed E-state index contributed by atoms with van der Waals surface area (Å²) < 4.78 is 38.6. The third-order valence-electron chi connectivity index (χ3n) is 5.57. The molecule has 1 aliphatic carbocycles. The number of ketones is 1. The molecule has 2 aromatic carbocycles. The highest BCUT2D eigenvalue weighted by atomic mass is 32.2. The Hall–Kier alpha value is -2.87. The monoisotopic (exact) mass is 429 g/mol. The second-order valence-corrected chi connectivity index (χ2v) is 9.29. The SMILES string of the molecule is COc1ccc(S(=O)(=O)N2CCc3ccccc32)cc1C(=O)OC1CCCCC1=O. The van der Waals surface area contributed by atoms with Crippen molar-refractivity contribution in [1.82, 2.24) is 0 Å². The lowest BCUT2D eigenvalue weighted by atomic mass is 9.96. The number of rotatable bonds is 5. The van der Waals surface area contributed by atoms with E-state index >= 15 is 0 Å². The molecular formula is C22H23NO6S. The summed E-state index contributed by atoms with van der Waals surface area (Å²) in [5.74, 6) is -0.666. The summed E-state index contributed by atoms with van der Waals surface area (Å²) in [6.07, 6.45) is 2.31. The van der Waals surface area contributed by atoms with Crippen LogP contribution in [-0.4, -0.2) is 39.9 Å². The molecule has 1 saturated carbocycles. The lowest BCUT2D eigenvalue weighted by Gasteiger charge is -2.22. The number of hydrogen-bond donors (Lipinski definition) is 0. The molecule has 1 heterocycles. The summed E-state index contributed by atoms with van der Waals surface area (Å²) in [6, 6.07) is 11.5. The molecule has 1 aliphatic heterocycles. The van der Waals surface area contributed by atoms with Gasteiger partial charge in [-0.1, -0.05) is 18.2 Å². The predicted octanol–water partition coefficient (Wildman–Crippen LogP) is 3.12. The fourth-order valence-corrected chi connectivity index (χ4v) is 5.49. The first-order chi connectivity index (χ1) is 14.4. The van der Waals surface area contributed by atoms with E-state index < -0.39 is 22.1 Å². The first-order valence-corrected chi connectivity index (χ1v) is 11.4. The Morgan fingerprint density at radius 3 is 2.67 bits per heavy atom. The first-order valence-electron chi connectivity index (χ1n) is 9.94. The summed E-state index contributed by atoms with van der Waals surface area (Å²) in [7, 11) is -2.48. The number of nitrogens with zero attached hydrogens (tertiary/aromatic N) is 1. The van der Waals surface area contributed by atoms with Gasteiger partial charge >= 0.3 is 5.97 Å². The van der Waals surface area contributed by atoms with E-state index in [1.54, 1.807) is 12.1 Å². The molecule has 1 unspecified atom stereocenters. The molecule has 0 spiro atoms. The van der Waals surface area contributed by atoms with E-state index in [-0.39, 0.29) is 22.0 Å². The van der Waals surface area contributed by atoms with Crippen LogP contribution in [0.5, 0.6) is 5.75 Å². The molecule has 0 saturated heterocycles. The van der Waals surface area contributed by atoms with Crippen molar-refractivity contribution in [2.75, 3.05) is 18.0 Å². The smallest absolute Gasteiger partial charge is 0.342 e. The second kappa shape index (κ2) is 8.10. The van der Waals surface area contributed by atoms with Crippen LogP contribution in [0.1, 0.15) is 41.6 Å². The van der Waals surface area contributed by atoms with Crippen molar-refractivity contribution in [3.05, 3.63) is 53.6 Å². The van der Waals surface area contributed by atoms with Crippen LogP contribution in [0.4, 0.5) is 5.69 Å². The van der Waals surface area contributed by atoms with E-state index in [9.17, 15) is 18.0 Å². The molecule has 0 amide bonds. The molecule has 4 rings (SSSR count). The van der Waals surface area contributed by atoms with Crippen LogP contribution in [0.3, 0.4) is 0 Å². The minimum atomic E-state index is -3.87. The maximum atomic E-state index is 13.3. The van der Waals surface area contributed by atoms with Crippen molar-refractivity contribution in [3.8, 4) is 5.75 Å². The predicted molar refractivity (Wildman–Crippen MR) is 110 cm³/mol.